The lowest BCUT2D eigenvalue weighted by Gasteiger charge is -2.37. The van der Waals surface area contributed by atoms with Gasteiger partial charge in [0.15, 0.2) is 0 Å². The third-order valence-corrected chi connectivity index (χ3v) is 6.29. The predicted octanol–water partition coefficient (Wildman–Crippen LogP) is 5.06. The van der Waals surface area contributed by atoms with E-state index in [0.717, 1.165) is 44.4 Å². The fourth-order valence-corrected chi connectivity index (χ4v) is 4.96. The molecule has 1 saturated heterocycles. The number of piperidine rings is 1. The van der Waals surface area contributed by atoms with E-state index in [1.54, 1.807) is 7.11 Å². The number of halogens is 2. The van der Waals surface area contributed by atoms with Gasteiger partial charge in [-0.25, -0.2) is 0 Å². The molecule has 1 aliphatic heterocycles. The Morgan fingerprint density at radius 3 is 2.88 bits per heavy atom. The maximum atomic E-state index is 11.5. The number of benzene rings is 1. The Morgan fingerprint density at radius 1 is 1.44 bits per heavy atom. The molecule has 0 radical (unpaired) electrons. The van der Waals surface area contributed by atoms with Crippen LogP contribution in [-0.4, -0.2) is 36.2 Å². The lowest BCUT2D eigenvalue weighted by Crippen LogP contribution is -2.41. The summed E-state index contributed by atoms with van der Waals surface area (Å²) < 4.78 is 7.27. The Hall–Kier alpha value is -1.08. The highest BCUT2D eigenvalue weighted by molar-refractivity contribution is 9.10. The number of methoxy groups -OCH3 is 1. The minimum absolute atomic E-state index is 0.0768. The van der Waals surface area contributed by atoms with E-state index in [2.05, 4.69) is 20.8 Å². The molecular weight excluding hydrogens is 426 g/mol. The van der Waals surface area contributed by atoms with Crippen molar-refractivity contribution in [1.29, 1.82) is 0 Å². The summed E-state index contributed by atoms with van der Waals surface area (Å²) in [5.74, 6) is -0.283. The van der Waals surface area contributed by atoms with Gasteiger partial charge >= 0.3 is 5.97 Å². The zero-order valence-electron chi connectivity index (χ0n) is 13.7. The number of rotatable bonds is 5. The Labute approximate surface area is 164 Å². The average molecular weight is 445 g/mol. The van der Waals surface area contributed by atoms with Crippen molar-refractivity contribution in [2.24, 2.45) is 5.92 Å². The zero-order valence-corrected chi connectivity index (χ0v) is 16.9. The molecular formula is C18H19BrClNO3S. The fraction of sp³-hybridized carbons (Fsp3) is 0.389. The number of carboxylic acid groups (broad SMARTS) is 1. The van der Waals surface area contributed by atoms with Crippen molar-refractivity contribution >= 4 is 44.8 Å². The van der Waals surface area contributed by atoms with Gasteiger partial charge < -0.3 is 9.84 Å². The Bertz CT molecular complexity index is 767. The molecule has 4 nitrogen and oxygen atoms in total. The number of likely N-dealkylation sites (tertiary alicyclic amines) is 1. The van der Waals surface area contributed by atoms with Gasteiger partial charge in [0.2, 0.25) is 0 Å². The number of nitrogens with zero attached hydrogens (tertiary/aromatic N) is 1. The molecule has 1 aromatic heterocycles. The van der Waals surface area contributed by atoms with Gasteiger partial charge in [-0.2, -0.15) is 0 Å². The highest BCUT2D eigenvalue weighted by Crippen LogP contribution is 2.41. The van der Waals surface area contributed by atoms with Crippen molar-refractivity contribution in [2.75, 3.05) is 20.2 Å². The lowest BCUT2D eigenvalue weighted by atomic mass is 9.94. The minimum atomic E-state index is -0.728. The molecule has 0 amide bonds. The number of thiophene rings is 1. The Morgan fingerprint density at radius 2 is 2.24 bits per heavy atom. The van der Waals surface area contributed by atoms with Gasteiger partial charge in [-0.05, 0) is 49.7 Å². The standard InChI is InChI=1S/C18H19BrClNO3S/c1-24-14-5-4-12(19)9-13(14)17(15-6-7-16(20)25-15)21-8-2-3-11(10-21)18(22)23/h4-7,9,11,17H,2-3,8,10H2,1H3,(H,22,23). The van der Waals surface area contributed by atoms with Crippen molar-refractivity contribution in [2.45, 2.75) is 18.9 Å². The molecule has 1 fully saturated rings. The van der Waals surface area contributed by atoms with Gasteiger partial charge in [0.05, 0.1) is 23.4 Å². The van der Waals surface area contributed by atoms with Crippen LogP contribution in [0.3, 0.4) is 0 Å². The summed E-state index contributed by atoms with van der Waals surface area (Å²) in [6, 6.07) is 9.74. The zero-order chi connectivity index (χ0) is 18.0. The molecule has 0 spiro atoms. The summed E-state index contributed by atoms with van der Waals surface area (Å²) in [7, 11) is 1.65. The van der Waals surface area contributed by atoms with Crippen LogP contribution in [0.5, 0.6) is 5.75 Å². The summed E-state index contributed by atoms with van der Waals surface area (Å²) in [6.07, 6.45) is 1.59. The largest absolute Gasteiger partial charge is 0.496 e. The third kappa shape index (κ3) is 4.19. The SMILES string of the molecule is COc1ccc(Br)cc1C(c1ccc(Cl)s1)N1CCCC(C(=O)O)C1. The van der Waals surface area contributed by atoms with Crippen LogP contribution in [0.4, 0.5) is 0 Å². The van der Waals surface area contributed by atoms with E-state index in [0.29, 0.717) is 6.54 Å². The number of hydrogen-bond acceptors (Lipinski definition) is 4. The summed E-state index contributed by atoms with van der Waals surface area (Å²) in [4.78, 5) is 14.8. The molecule has 2 heterocycles. The van der Waals surface area contributed by atoms with E-state index in [-0.39, 0.29) is 12.0 Å². The Kier molecular flexibility index (Phi) is 6.04. The second-order valence-electron chi connectivity index (χ2n) is 6.10. The number of carbonyl (C=O) groups is 1. The average Bonchev–Trinajstić information content (AvgIpc) is 3.01. The fourth-order valence-electron chi connectivity index (χ4n) is 3.37. The van der Waals surface area contributed by atoms with Crippen molar-refractivity contribution < 1.29 is 14.6 Å². The number of carboxylic acids is 1. The molecule has 0 aliphatic carbocycles. The highest BCUT2D eigenvalue weighted by atomic mass is 79.9. The first-order chi connectivity index (χ1) is 12.0. The van der Waals surface area contributed by atoms with Gasteiger partial charge in [-0.1, -0.05) is 27.5 Å². The molecule has 1 N–H and O–H groups in total. The smallest absolute Gasteiger partial charge is 0.307 e. The molecule has 25 heavy (non-hydrogen) atoms. The summed E-state index contributed by atoms with van der Waals surface area (Å²) >= 11 is 11.2. The molecule has 2 unspecified atom stereocenters. The van der Waals surface area contributed by atoms with Crippen LogP contribution in [0.1, 0.15) is 29.3 Å². The second-order valence-corrected chi connectivity index (χ2v) is 8.77. The van der Waals surface area contributed by atoms with Crippen LogP contribution < -0.4 is 4.74 Å². The van der Waals surface area contributed by atoms with E-state index >= 15 is 0 Å². The van der Waals surface area contributed by atoms with E-state index in [9.17, 15) is 9.90 Å². The van der Waals surface area contributed by atoms with Crippen LogP contribution in [0.15, 0.2) is 34.8 Å². The molecule has 0 bridgehead atoms. The van der Waals surface area contributed by atoms with Gasteiger partial charge in [0.1, 0.15) is 5.75 Å². The molecule has 1 aromatic carbocycles. The molecule has 0 saturated carbocycles. The van der Waals surface area contributed by atoms with E-state index in [1.807, 2.05) is 30.3 Å². The minimum Gasteiger partial charge on any atom is -0.496 e. The lowest BCUT2D eigenvalue weighted by molar-refractivity contribution is -0.143. The van der Waals surface area contributed by atoms with Crippen LogP contribution in [-0.2, 0) is 4.79 Å². The highest BCUT2D eigenvalue weighted by Gasteiger charge is 2.33. The summed E-state index contributed by atoms with van der Waals surface area (Å²) in [5.41, 5.74) is 1.02. The number of ether oxygens (including phenoxy) is 1. The van der Waals surface area contributed by atoms with Gasteiger partial charge in [-0.3, -0.25) is 9.69 Å². The van der Waals surface area contributed by atoms with Gasteiger partial charge in [0, 0.05) is 21.5 Å². The first-order valence-corrected chi connectivity index (χ1v) is 10.0. The van der Waals surface area contributed by atoms with Crippen LogP contribution in [0, 0.1) is 5.92 Å². The van der Waals surface area contributed by atoms with E-state index in [1.165, 1.54) is 11.3 Å². The molecule has 7 heteroatoms. The topological polar surface area (TPSA) is 49.8 Å². The normalized spacial score (nSPS) is 19.6. The quantitative estimate of drug-likeness (QED) is 0.700. The van der Waals surface area contributed by atoms with Crippen molar-refractivity contribution in [3.8, 4) is 5.75 Å². The molecule has 3 rings (SSSR count). The maximum absolute atomic E-state index is 11.5. The summed E-state index contributed by atoms with van der Waals surface area (Å²) in [5, 5.41) is 9.45. The van der Waals surface area contributed by atoms with Crippen LogP contribution in [0.25, 0.3) is 0 Å². The Balaban J connectivity index is 2.05. The van der Waals surface area contributed by atoms with Gasteiger partial charge in [0.25, 0.3) is 0 Å². The first kappa shape index (κ1) is 18.7. The number of hydrogen-bond donors (Lipinski definition) is 1. The second kappa shape index (κ2) is 8.08. The van der Waals surface area contributed by atoms with Crippen molar-refractivity contribution in [1.82, 2.24) is 4.90 Å². The maximum Gasteiger partial charge on any atom is 0.307 e. The molecule has 1 aliphatic rings. The van der Waals surface area contributed by atoms with E-state index < -0.39 is 5.97 Å². The van der Waals surface area contributed by atoms with Gasteiger partial charge in [-0.15, -0.1) is 11.3 Å². The molecule has 2 aromatic rings. The van der Waals surface area contributed by atoms with Crippen LogP contribution in [0.2, 0.25) is 4.34 Å². The van der Waals surface area contributed by atoms with Crippen LogP contribution >= 0.6 is 38.9 Å². The number of aliphatic carboxylic acids is 1. The predicted molar refractivity (Wildman–Crippen MR) is 104 cm³/mol. The molecule has 2 atom stereocenters. The monoisotopic (exact) mass is 443 g/mol. The summed E-state index contributed by atoms with van der Waals surface area (Å²) in [6.45, 7) is 1.37. The van der Waals surface area contributed by atoms with Crippen molar-refractivity contribution in [3.05, 3.63) is 49.6 Å². The van der Waals surface area contributed by atoms with E-state index in [4.69, 9.17) is 16.3 Å². The molecule has 134 valence electrons. The first-order valence-electron chi connectivity index (χ1n) is 8.05. The third-order valence-electron chi connectivity index (χ3n) is 4.52. The van der Waals surface area contributed by atoms with Crippen molar-refractivity contribution in [3.63, 3.8) is 0 Å².